The summed E-state index contributed by atoms with van der Waals surface area (Å²) < 4.78 is 1.00. The van der Waals surface area contributed by atoms with Gasteiger partial charge in [-0.3, -0.25) is 0 Å². The second-order valence-corrected chi connectivity index (χ2v) is 54.7. The van der Waals surface area contributed by atoms with Gasteiger partial charge >= 0.3 is 0 Å². The van der Waals surface area contributed by atoms with Crippen LogP contribution in [0.25, 0.3) is 66.8 Å². The Morgan fingerprint density at radius 1 is 0.155 bits per heavy atom. The molecule has 0 nitrogen and oxygen atoms in total. The highest BCUT2D eigenvalue weighted by Crippen LogP contribution is 2.57. The average molecular weight is 1980 g/mol. The van der Waals surface area contributed by atoms with E-state index in [2.05, 4.69) is 574 Å². The van der Waals surface area contributed by atoms with Crippen LogP contribution in [0.2, 0.25) is 0 Å². The summed E-state index contributed by atoms with van der Waals surface area (Å²) in [5.74, 6) is 22.3. The summed E-state index contributed by atoms with van der Waals surface area (Å²) in [6.45, 7) is 84.5. The van der Waals surface area contributed by atoms with Crippen molar-refractivity contribution in [2.24, 2.45) is 0 Å². The van der Waals surface area contributed by atoms with E-state index < -0.39 is 0 Å². The molecule has 12 aliphatic carbocycles. The first kappa shape index (κ1) is 103. The zero-order valence-corrected chi connectivity index (χ0v) is 94.7. The van der Waals surface area contributed by atoms with Gasteiger partial charge in [0.2, 0.25) is 0 Å². The maximum Gasteiger partial charge on any atom is 0.0418 e. The van der Waals surface area contributed by atoms with Crippen molar-refractivity contribution in [3.05, 3.63) is 421 Å². The standard InChI is InChI=1S/C141H155I/c1-130(2,3)96-55-67-102-108(73-61-96)120(136(19,20)21)81-114(102)127(115-82-121(137(22,23)24)109-74-62-97(131(4,5)6)56-68-103(109)115)90-46-37-87(38-47-90)43-52-93-79-95(54-45-89-41-50-92(51-42-89)129(118-85-124(140(31,32)33)112-77-65-100(134(13,14)15)59-71-106(112)118)119-86-125(141(34,35)36)113-78-66-101(135(16,17)18)60-72-107(113)119)126(142)80-94(93)53-44-88-39-48-91(49-40-88)128(116-83-122(138(25,26)27)110-75-63-98(132(7,8)9)57-69-104(110)116)117-84-123(139(28,29)30)111-76-64-99(133(10,11)12)58-70-105(111)117/h37-42,46-51,55-86,127-129H,1-36H3. The van der Waals surface area contributed by atoms with Crippen LogP contribution in [-0.2, 0) is 65.0 Å². The van der Waals surface area contributed by atoms with Gasteiger partial charge in [0.05, 0.1) is 0 Å². The Bertz CT molecular complexity index is 7130. The summed E-state index contributed by atoms with van der Waals surface area (Å²) in [4.78, 5) is 0. The Morgan fingerprint density at radius 2 is 0.310 bits per heavy atom. The van der Waals surface area contributed by atoms with Crippen LogP contribution in [0, 0.1) is 39.1 Å². The lowest BCUT2D eigenvalue weighted by molar-refractivity contribution is 0.590. The van der Waals surface area contributed by atoms with Gasteiger partial charge in [-0.2, -0.15) is 0 Å². The first-order chi connectivity index (χ1) is 65.9. The van der Waals surface area contributed by atoms with E-state index in [0.717, 1.165) is 37.0 Å². The van der Waals surface area contributed by atoms with Crippen molar-refractivity contribution in [3.8, 4) is 102 Å². The molecule has 0 bridgehead atoms. The minimum Gasteiger partial charge on any atom is -0.0616 e. The minimum absolute atomic E-state index is 0.0331. The molecule has 0 heterocycles. The Kier molecular flexibility index (Phi) is 27.1. The maximum atomic E-state index is 3.81. The van der Waals surface area contributed by atoms with Crippen LogP contribution < -0.4 is 0 Å². The number of hydrogen-bond donors (Lipinski definition) is 0. The number of benzene rings is 4. The predicted molar refractivity (Wildman–Crippen MR) is 622 cm³/mol. The highest BCUT2D eigenvalue weighted by atomic mass is 127. The summed E-state index contributed by atoms with van der Waals surface area (Å²) in [7, 11) is 0. The van der Waals surface area contributed by atoms with Crippen LogP contribution >= 0.6 is 22.6 Å². The van der Waals surface area contributed by atoms with E-state index >= 15 is 0 Å². The summed E-state index contributed by atoms with van der Waals surface area (Å²) in [5.41, 5.74) is 47.5. The van der Waals surface area contributed by atoms with Crippen LogP contribution in [0.4, 0.5) is 0 Å². The largest absolute Gasteiger partial charge is 0.0616 e. The fourth-order valence-electron chi connectivity index (χ4n) is 21.6. The predicted octanol–water partition coefficient (Wildman–Crippen LogP) is 38.2. The van der Waals surface area contributed by atoms with E-state index in [1.807, 2.05) is 0 Å². The SMILES string of the molecule is CC(C)(C)c1ccc2c(C(c3ccc(C#Cc4cc(C#Cc5ccc(C(c6cc(C(C)(C)C)c7ccc(C(C)(C)C)ccc6-7)c6cc(C(C)(C)C)c7ccc(C(C)(C)C)ccc6-7)cc5)c(C#Cc5ccc(C(c6cc(C(C)(C)C)c7ccc(C(C)(C)C)ccc6-7)c6cc(C(C)(C)C)c7ccc(C(C)(C)C)ccc6-7)cc5)cc4I)cc3)c3cc(C(C)(C)C)c4ccc(C(C)(C)C)ccc3-4)cc(C(C)(C)C)c-2cc1. The van der Waals surface area contributed by atoms with E-state index in [0.29, 0.717) is 0 Å². The average Bonchev–Trinajstić information content (AvgIpc) is 1.59. The Balaban J connectivity index is 0.865. The summed E-state index contributed by atoms with van der Waals surface area (Å²) in [6.07, 6.45) is 0. The zero-order valence-electron chi connectivity index (χ0n) is 92.5. The molecule has 0 saturated carbocycles. The summed E-state index contributed by atoms with van der Waals surface area (Å²) >= 11 is 2.50. The quantitative estimate of drug-likeness (QED) is 0.0998. The fraction of sp³-hybridized carbons (Fsp3) is 0.362. The van der Waals surface area contributed by atoms with E-state index in [1.54, 1.807) is 0 Å². The van der Waals surface area contributed by atoms with Gasteiger partial charge in [-0.25, -0.2) is 0 Å². The number of hydrogen-bond acceptors (Lipinski definition) is 0. The molecule has 0 N–H and O–H groups in total. The van der Waals surface area contributed by atoms with Crippen molar-refractivity contribution >= 4 is 22.6 Å². The molecule has 12 aliphatic rings. The zero-order chi connectivity index (χ0) is 103. The Hall–Kier alpha value is -11.5. The van der Waals surface area contributed by atoms with Crippen LogP contribution in [0.3, 0.4) is 0 Å². The molecule has 0 aromatic heterocycles. The van der Waals surface area contributed by atoms with Gasteiger partial charge in [0.25, 0.3) is 0 Å². The van der Waals surface area contributed by atoms with Gasteiger partial charge in [0.1, 0.15) is 0 Å². The molecule has 0 spiro atoms. The smallest absolute Gasteiger partial charge is 0.0418 e. The monoisotopic (exact) mass is 1980 g/mol. The van der Waals surface area contributed by atoms with Gasteiger partial charge in [-0.15, -0.1) is 0 Å². The lowest BCUT2D eigenvalue weighted by atomic mass is 9.82. The van der Waals surface area contributed by atoms with E-state index in [9.17, 15) is 0 Å². The molecule has 1 heteroatoms. The topological polar surface area (TPSA) is 0 Å². The van der Waals surface area contributed by atoms with E-state index in [4.69, 9.17) is 0 Å². The third kappa shape index (κ3) is 21.3. The molecular formula is C141H155I. The lowest BCUT2D eigenvalue weighted by Gasteiger charge is -2.20. The molecule has 4 aromatic carbocycles. The summed E-state index contributed by atoms with van der Waals surface area (Å²) in [6, 6.07) is 105. The molecule has 0 saturated heterocycles. The van der Waals surface area contributed by atoms with Crippen molar-refractivity contribution in [2.45, 2.75) is 332 Å². The lowest BCUT2D eigenvalue weighted by Crippen LogP contribution is -2.11. The molecule has 0 unspecified atom stereocenters. The molecule has 0 aliphatic heterocycles. The number of fused-ring (bicyclic) bond motifs is 6. The normalized spacial score (nSPS) is 13.1. The van der Waals surface area contributed by atoms with Crippen molar-refractivity contribution in [1.29, 1.82) is 0 Å². The maximum absolute atomic E-state index is 3.81. The highest BCUT2D eigenvalue weighted by molar-refractivity contribution is 14.1. The molecule has 726 valence electrons. The van der Waals surface area contributed by atoms with Gasteiger partial charge in [-0.05, 0) is 320 Å². The van der Waals surface area contributed by atoms with Crippen LogP contribution in [0.15, 0.2) is 267 Å². The molecule has 0 amide bonds. The summed E-state index contributed by atoms with van der Waals surface area (Å²) in [5, 5.41) is 0. The Labute approximate surface area is 870 Å². The van der Waals surface area contributed by atoms with Gasteiger partial charge in [-0.1, -0.05) is 503 Å². The number of rotatable bonds is 9. The number of halogens is 1. The first-order valence-corrected chi connectivity index (χ1v) is 53.1. The Morgan fingerprint density at radius 3 is 0.472 bits per heavy atom. The molecule has 16 rings (SSSR count). The molecule has 0 atom stereocenters. The van der Waals surface area contributed by atoms with Crippen LogP contribution in [0.5, 0.6) is 0 Å². The van der Waals surface area contributed by atoms with Crippen LogP contribution in [-0.4, -0.2) is 0 Å². The van der Waals surface area contributed by atoms with Crippen LogP contribution in [0.1, 0.15) is 417 Å². The third-order valence-electron chi connectivity index (χ3n) is 30.1. The van der Waals surface area contributed by atoms with Gasteiger partial charge in [0.15, 0.2) is 0 Å². The molecule has 0 radical (unpaired) electrons. The van der Waals surface area contributed by atoms with Gasteiger partial charge in [0, 0.05) is 54.7 Å². The molecule has 142 heavy (non-hydrogen) atoms. The second kappa shape index (κ2) is 37.3. The molecule has 4 aromatic rings. The van der Waals surface area contributed by atoms with Crippen molar-refractivity contribution < 1.29 is 0 Å². The van der Waals surface area contributed by atoms with Crippen molar-refractivity contribution in [2.75, 3.05) is 0 Å². The first-order valence-electron chi connectivity index (χ1n) is 52.0. The third-order valence-corrected chi connectivity index (χ3v) is 31.0. The fourth-order valence-corrected chi connectivity index (χ4v) is 22.2. The van der Waals surface area contributed by atoms with Gasteiger partial charge < -0.3 is 0 Å². The van der Waals surface area contributed by atoms with Crippen molar-refractivity contribution in [3.63, 3.8) is 0 Å². The van der Waals surface area contributed by atoms with Crippen molar-refractivity contribution in [1.82, 2.24) is 0 Å². The van der Waals surface area contributed by atoms with E-state index in [1.165, 1.54) is 184 Å². The highest BCUT2D eigenvalue weighted by Gasteiger charge is 2.40. The molecular weight excluding hydrogens is 1820 g/mol. The molecule has 0 fully saturated rings. The minimum atomic E-state index is -0.133. The second-order valence-electron chi connectivity index (χ2n) is 53.6. The van der Waals surface area contributed by atoms with E-state index in [-0.39, 0.29) is 82.7 Å².